The highest BCUT2D eigenvalue weighted by Crippen LogP contribution is 2.30. The van der Waals surface area contributed by atoms with Crippen LogP contribution in [0.5, 0.6) is 0 Å². The molecule has 2 nitrogen and oxygen atoms in total. The summed E-state index contributed by atoms with van der Waals surface area (Å²) in [6.45, 7) is 3.87. The molecular weight excluding hydrogens is 229 g/mol. The largest absolute Gasteiger partial charge is 0.412 e. The second-order valence-corrected chi connectivity index (χ2v) is 4.47. The molecule has 100 valence electrons. The van der Waals surface area contributed by atoms with Crippen molar-refractivity contribution in [1.82, 2.24) is 10.2 Å². The second-order valence-electron chi connectivity index (χ2n) is 4.47. The molecule has 0 aliphatic carbocycles. The van der Waals surface area contributed by atoms with Gasteiger partial charge < -0.3 is 5.32 Å². The molecule has 0 fully saturated rings. The molecular formula is C12H21F3N2. The SMILES string of the molecule is CCCC(CNC)N1CC=C(C(F)(F)F)CC1. The first-order valence-corrected chi connectivity index (χ1v) is 6.14. The van der Waals surface area contributed by atoms with Crippen molar-refractivity contribution in [2.75, 3.05) is 26.7 Å². The topological polar surface area (TPSA) is 15.3 Å². The van der Waals surface area contributed by atoms with Gasteiger partial charge >= 0.3 is 6.18 Å². The molecule has 0 aromatic carbocycles. The zero-order valence-corrected chi connectivity index (χ0v) is 10.5. The minimum absolute atomic E-state index is 0.118. The Morgan fingerprint density at radius 3 is 2.59 bits per heavy atom. The van der Waals surface area contributed by atoms with Crippen LogP contribution < -0.4 is 5.32 Å². The number of alkyl halides is 3. The lowest BCUT2D eigenvalue weighted by atomic mass is 10.0. The molecule has 0 radical (unpaired) electrons. The molecule has 1 aliphatic heterocycles. The molecule has 0 aromatic rings. The zero-order valence-electron chi connectivity index (χ0n) is 10.5. The monoisotopic (exact) mass is 250 g/mol. The van der Waals surface area contributed by atoms with Gasteiger partial charge in [-0.1, -0.05) is 19.4 Å². The van der Waals surface area contributed by atoms with Gasteiger partial charge in [0.15, 0.2) is 0 Å². The number of hydrogen-bond donors (Lipinski definition) is 1. The Morgan fingerprint density at radius 2 is 2.18 bits per heavy atom. The molecule has 0 spiro atoms. The molecule has 17 heavy (non-hydrogen) atoms. The Bertz CT molecular complexity index is 255. The van der Waals surface area contributed by atoms with Crippen LogP contribution in [0.1, 0.15) is 26.2 Å². The van der Waals surface area contributed by atoms with E-state index in [1.165, 1.54) is 6.08 Å². The van der Waals surface area contributed by atoms with Crippen molar-refractivity contribution in [3.05, 3.63) is 11.6 Å². The average molecular weight is 250 g/mol. The summed E-state index contributed by atoms with van der Waals surface area (Å²) < 4.78 is 37.4. The van der Waals surface area contributed by atoms with Crippen LogP contribution in [0.15, 0.2) is 11.6 Å². The normalized spacial score (nSPS) is 20.2. The lowest BCUT2D eigenvalue weighted by Gasteiger charge is -2.34. The van der Waals surface area contributed by atoms with Crippen LogP contribution in [-0.2, 0) is 0 Å². The molecule has 0 bridgehead atoms. The summed E-state index contributed by atoms with van der Waals surface area (Å²) in [6, 6.07) is 0.344. The van der Waals surface area contributed by atoms with Crippen molar-refractivity contribution in [3.63, 3.8) is 0 Å². The molecule has 1 unspecified atom stereocenters. The van der Waals surface area contributed by atoms with E-state index in [9.17, 15) is 13.2 Å². The van der Waals surface area contributed by atoms with Crippen molar-refractivity contribution in [3.8, 4) is 0 Å². The molecule has 1 heterocycles. The summed E-state index contributed by atoms with van der Waals surface area (Å²) in [5.74, 6) is 0. The molecule has 0 saturated heterocycles. The van der Waals surface area contributed by atoms with E-state index >= 15 is 0 Å². The van der Waals surface area contributed by atoms with Gasteiger partial charge in [-0.2, -0.15) is 13.2 Å². The van der Waals surface area contributed by atoms with Crippen LogP contribution in [0, 0.1) is 0 Å². The third-order valence-corrected chi connectivity index (χ3v) is 3.18. The van der Waals surface area contributed by atoms with Gasteiger partial charge in [0.05, 0.1) is 0 Å². The summed E-state index contributed by atoms with van der Waals surface area (Å²) in [5, 5.41) is 3.11. The van der Waals surface area contributed by atoms with Crippen LogP contribution in [0.25, 0.3) is 0 Å². The van der Waals surface area contributed by atoms with Crippen molar-refractivity contribution in [1.29, 1.82) is 0 Å². The molecule has 1 N–H and O–H groups in total. The lowest BCUT2D eigenvalue weighted by Crippen LogP contribution is -2.44. The van der Waals surface area contributed by atoms with Crippen LogP contribution in [-0.4, -0.2) is 43.8 Å². The third-order valence-electron chi connectivity index (χ3n) is 3.18. The first-order chi connectivity index (χ1) is 7.99. The lowest BCUT2D eigenvalue weighted by molar-refractivity contribution is -0.0964. The minimum atomic E-state index is -4.14. The van der Waals surface area contributed by atoms with Crippen LogP contribution in [0.4, 0.5) is 13.2 Å². The van der Waals surface area contributed by atoms with E-state index in [1.54, 1.807) is 0 Å². The molecule has 0 saturated carbocycles. The van der Waals surface area contributed by atoms with Crippen LogP contribution >= 0.6 is 0 Å². The fraction of sp³-hybridized carbons (Fsp3) is 0.833. The Hall–Kier alpha value is -0.550. The van der Waals surface area contributed by atoms with Gasteiger partial charge in [-0.15, -0.1) is 0 Å². The van der Waals surface area contributed by atoms with Gasteiger partial charge in [-0.25, -0.2) is 0 Å². The van der Waals surface area contributed by atoms with E-state index in [1.807, 2.05) is 7.05 Å². The van der Waals surface area contributed by atoms with E-state index in [0.29, 0.717) is 19.1 Å². The number of halogens is 3. The highest BCUT2D eigenvalue weighted by molar-refractivity contribution is 5.13. The highest BCUT2D eigenvalue weighted by atomic mass is 19.4. The van der Waals surface area contributed by atoms with Crippen molar-refractivity contribution >= 4 is 0 Å². The number of rotatable bonds is 5. The van der Waals surface area contributed by atoms with Gasteiger partial charge in [0.1, 0.15) is 0 Å². The summed E-state index contributed by atoms with van der Waals surface area (Å²) in [6.07, 6.45) is -0.612. The Kier molecular flexibility index (Phi) is 5.46. The van der Waals surface area contributed by atoms with Gasteiger partial charge in [0, 0.05) is 31.2 Å². The summed E-state index contributed by atoms with van der Waals surface area (Å²) in [5.41, 5.74) is -0.367. The predicted molar refractivity (Wildman–Crippen MR) is 63.0 cm³/mol. The zero-order chi connectivity index (χ0) is 12.9. The van der Waals surface area contributed by atoms with E-state index in [-0.39, 0.29) is 12.0 Å². The standard InChI is InChI=1S/C12H21F3N2/c1-3-4-11(9-16-2)17-7-5-10(6-8-17)12(13,14)15/h5,11,16H,3-4,6-9H2,1-2H3. The van der Waals surface area contributed by atoms with Crippen LogP contribution in [0.3, 0.4) is 0 Å². The predicted octanol–water partition coefficient (Wildman–Crippen LogP) is 2.57. The van der Waals surface area contributed by atoms with Crippen LogP contribution in [0.2, 0.25) is 0 Å². The second kappa shape index (κ2) is 6.40. The molecule has 1 aliphatic rings. The number of nitrogens with zero attached hydrogens (tertiary/aromatic N) is 1. The highest BCUT2D eigenvalue weighted by Gasteiger charge is 2.35. The summed E-state index contributed by atoms with van der Waals surface area (Å²) >= 11 is 0. The van der Waals surface area contributed by atoms with E-state index in [0.717, 1.165) is 19.4 Å². The molecule has 5 heteroatoms. The summed E-state index contributed by atoms with van der Waals surface area (Å²) in [7, 11) is 1.88. The van der Waals surface area contributed by atoms with E-state index < -0.39 is 6.18 Å². The number of hydrogen-bond acceptors (Lipinski definition) is 2. The maximum atomic E-state index is 12.5. The smallest absolute Gasteiger partial charge is 0.318 e. The van der Waals surface area contributed by atoms with Gasteiger partial charge in [-0.05, 0) is 19.9 Å². The minimum Gasteiger partial charge on any atom is -0.318 e. The fourth-order valence-corrected chi connectivity index (χ4v) is 2.26. The summed E-state index contributed by atoms with van der Waals surface area (Å²) in [4.78, 5) is 2.13. The van der Waals surface area contributed by atoms with Crippen molar-refractivity contribution in [2.45, 2.75) is 38.4 Å². The quantitative estimate of drug-likeness (QED) is 0.754. The first kappa shape index (κ1) is 14.5. The fourth-order valence-electron chi connectivity index (χ4n) is 2.26. The van der Waals surface area contributed by atoms with Crippen molar-refractivity contribution < 1.29 is 13.2 Å². The van der Waals surface area contributed by atoms with E-state index in [4.69, 9.17) is 0 Å². The first-order valence-electron chi connectivity index (χ1n) is 6.14. The number of likely N-dealkylation sites (N-methyl/N-ethyl adjacent to an activating group) is 1. The Labute approximate surface area is 101 Å². The van der Waals surface area contributed by atoms with Gasteiger partial charge in [0.2, 0.25) is 0 Å². The molecule has 1 atom stereocenters. The van der Waals surface area contributed by atoms with E-state index in [2.05, 4.69) is 17.1 Å². The number of nitrogens with one attached hydrogen (secondary N) is 1. The Morgan fingerprint density at radius 1 is 1.47 bits per heavy atom. The third kappa shape index (κ3) is 4.32. The maximum Gasteiger partial charge on any atom is 0.412 e. The molecule has 1 rings (SSSR count). The van der Waals surface area contributed by atoms with Gasteiger partial charge in [0.25, 0.3) is 0 Å². The van der Waals surface area contributed by atoms with Gasteiger partial charge in [-0.3, -0.25) is 4.90 Å². The average Bonchev–Trinajstić information content (AvgIpc) is 2.28. The molecule has 0 amide bonds. The Balaban J connectivity index is 2.57. The maximum absolute atomic E-state index is 12.5. The molecule has 0 aromatic heterocycles. The van der Waals surface area contributed by atoms with Crippen molar-refractivity contribution in [2.24, 2.45) is 0 Å².